The number of methoxy groups -OCH3 is 1. The molecule has 0 aliphatic rings. The Morgan fingerprint density at radius 2 is 1.37 bits per heavy atom. The lowest BCUT2D eigenvalue weighted by atomic mass is 10.0. The van der Waals surface area contributed by atoms with Crippen LogP contribution in [0.4, 0.5) is 0 Å². The second-order valence-corrected chi connectivity index (χ2v) is 8.10. The number of nitriles is 1. The average molecular weight is 453 g/mol. The highest BCUT2D eigenvalue weighted by molar-refractivity contribution is 5.91. The van der Waals surface area contributed by atoms with Crippen LogP contribution in [0.15, 0.2) is 95.0 Å². The molecule has 4 aromatic carbocycles. The predicted octanol–water partition coefficient (Wildman–Crippen LogP) is 8.22. The first-order valence-corrected chi connectivity index (χ1v) is 11.0. The molecule has 0 amide bonds. The van der Waals surface area contributed by atoms with Crippen molar-refractivity contribution in [2.75, 3.05) is 7.11 Å². The Balaban J connectivity index is 1.37. The fourth-order valence-electron chi connectivity index (χ4n) is 4.02. The molecule has 0 N–H and O–H groups in total. The molecule has 1 heterocycles. The highest BCUT2D eigenvalue weighted by Crippen LogP contribution is 2.29. The van der Waals surface area contributed by atoms with Gasteiger partial charge in [-0.05, 0) is 74.6 Å². The first-order chi connectivity index (χ1) is 17.1. The number of furan rings is 1. The molecule has 0 saturated carbocycles. The molecule has 35 heavy (non-hydrogen) atoms. The molecule has 166 valence electrons. The summed E-state index contributed by atoms with van der Waals surface area (Å²) in [4.78, 5) is 3.22. The van der Waals surface area contributed by atoms with Crippen LogP contribution >= 0.6 is 0 Å². The molecule has 5 aromatic rings. The van der Waals surface area contributed by atoms with Gasteiger partial charge in [0.2, 0.25) is 0 Å². The number of fused-ring (bicyclic) bond motifs is 2. The molecule has 0 bridgehead atoms. The van der Waals surface area contributed by atoms with Gasteiger partial charge in [-0.25, -0.2) is 10.1 Å². The van der Waals surface area contributed by atoms with Crippen molar-refractivity contribution in [2.45, 2.75) is 0 Å². The third-order valence-electron chi connectivity index (χ3n) is 5.83. The average Bonchev–Trinajstić information content (AvgIpc) is 3.39. The van der Waals surface area contributed by atoms with Gasteiger partial charge in [0.25, 0.3) is 11.6 Å². The second-order valence-electron chi connectivity index (χ2n) is 8.10. The van der Waals surface area contributed by atoms with Crippen molar-refractivity contribution < 1.29 is 9.15 Å². The first-order valence-electron chi connectivity index (χ1n) is 11.0. The van der Waals surface area contributed by atoms with Gasteiger partial charge in [0.05, 0.1) is 19.8 Å². The maximum Gasteiger partial charge on any atom is 0.284 e. The Bertz CT molecular complexity index is 1690. The van der Waals surface area contributed by atoms with Gasteiger partial charge in [-0.3, -0.25) is 0 Å². The minimum Gasteiger partial charge on any atom is -0.468 e. The number of allylic oxidation sites excluding steroid dienone is 1. The summed E-state index contributed by atoms with van der Waals surface area (Å²) < 4.78 is 10.8. The lowest BCUT2D eigenvalue weighted by Gasteiger charge is -2.04. The van der Waals surface area contributed by atoms with Crippen molar-refractivity contribution in [3.05, 3.63) is 119 Å². The summed E-state index contributed by atoms with van der Waals surface area (Å²) in [6.07, 6.45) is 5.82. The maximum absolute atomic E-state index is 8.97. The van der Waals surface area contributed by atoms with Crippen LogP contribution in [-0.4, -0.2) is 7.11 Å². The molecule has 0 aliphatic heterocycles. The number of benzene rings is 4. The molecule has 4 heteroatoms. The van der Waals surface area contributed by atoms with Crippen molar-refractivity contribution in [1.82, 2.24) is 0 Å². The zero-order valence-electron chi connectivity index (χ0n) is 19.0. The van der Waals surface area contributed by atoms with Crippen molar-refractivity contribution in [2.24, 2.45) is 0 Å². The van der Waals surface area contributed by atoms with Gasteiger partial charge in [-0.2, -0.15) is 0 Å². The molecular formula is C31H20N2O2. The topological polar surface area (TPSA) is 50.5 Å². The van der Waals surface area contributed by atoms with E-state index in [4.69, 9.17) is 21.0 Å². The Labute approximate surface area is 203 Å². The minimum absolute atomic E-state index is 0.0803. The maximum atomic E-state index is 8.97. The Morgan fingerprint density at radius 1 is 0.800 bits per heavy atom. The zero-order valence-corrected chi connectivity index (χ0v) is 19.0. The predicted molar refractivity (Wildman–Crippen MR) is 141 cm³/mol. The van der Waals surface area contributed by atoms with Crippen LogP contribution in [0.25, 0.3) is 55.9 Å². The van der Waals surface area contributed by atoms with Crippen molar-refractivity contribution in [3.63, 3.8) is 0 Å². The van der Waals surface area contributed by atoms with Crippen LogP contribution in [0.3, 0.4) is 0 Å². The quantitative estimate of drug-likeness (QED) is 0.153. The Kier molecular flexibility index (Phi) is 5.87. The van der Waals surface area contributed by atoms with E-state index in [0.29, 0.717) is 5.95 Å². The van der Waals surface area contributed by atoms with Gasteiger partial charge in [0.15, 0.2) is 0 Å². The summed E-state index contributed by atoms with van der Waals surface area (Å²) in [5.74, 6) is 1.28. The molecule has 0 radical (unpaired) electrons. The summed E-state index contributed by atoms with van der Waals surface area (Å²) in [5.41, 5.74) is 4.16. The van der Waals surface area contributed by atoms with E-state index in [1.807, 2.05) is 36.4 Å². The number of nitrogens with zero attached hydrogens (tertiary/aromatic N) is 2. The Morgan fingerprint density at radius 3 is 1.94 bits per heavy atom. The monoisotopic (exact) mass is 452 g/mol. The molecule has 0 fully saturated rings. The fraction of sp³-hybridized carbons (Fsp3) is 0.0323. The van der Waals surface area contributed by atoms with Gasteiger partial charge < -0.3 is 9.15 Å². The van der Waals surface area contributed by atoms with E-state index in [1.54, 1.807) is 13.2 Å². The molecule has 0 aliphatic carbocycles. The Hall–Kier alpha value is -5.06. The summed E-state index contributed by atoms with van der Waals surface area (Å²) >= 11 is 0. The normalized spacial score (nSPS) is 11.6. The second kappa shape index (κ2) is 9.43. The largest absolute Gasteiger partial charge is 0.468 e. The van der Waals surface area contributed by atoms with Crippen molar-refractivity contribution in [3.8, 4) is 23.3 Å². The van der Waals surface area contributed by atoms with Gasteiger partial charge in [-0.1, -0.05) is 60.7 Å². The fourth-order valence-corrected chi connectivity index (χ4v) is 4.02. The molecule has 0 unspecified atom stereocenters. The van der Waals surface area contributed by atoms with E-state index in [9.17, 15) is 0 Å². The summed E-state index contributed by atoms with van der Waals surface area (Å²) in [7, 11) is 1.59. The van der Waals surface area contributed by atoms with E-state index < -0.39 is 0 Å². The van der Waals surface area contributed by atoms with E-state index in [1.165, 1.54) is 0 Å². The van der Waals surface area contributed by atoms with E-state index >= 15 is 0 Å². The zero-order chi connectivity index (χ0) is 24.2. The minimum atomic E-state index is 0.0803. The number of hydrogen-bond donors (Lipinski definition) is 0. The molecule has 0 saturated heterocycles. The van der Waals surface area contributed by atoms with Crippen LogP contribution < -0.4 is 4.74 Å². The van der Waals surface area contributed by atoms with Crippen LogP contribution in [0.1, 0.15) is 16.7 Å². The van der Waals surface area contributed by atoms with E-state index in [-0.39, 0.29) is 5.70 Å². The smallest absolute Gasteiger partial charge is 0.284 e. The van der Waals surface area contributed by atoms with Crippen molar-refractivity contribution in [1.29, 1.82) is 5.26 Å². The highest BCUT2D eigenvalue weighted by atomic mass is 16.6. The van der Waals surface area contributed by atoms with Crippen LogP contribution in [-0.2, 0) is 0 Å². The lowest BCUT2D eigenvalue weighted by Crippen LogP contribution is -1.81. The molecule has 4 nitrogen and oxygen atoms in total. The third kappa shape index (κ3) is 4.69. The lowest BCUT2D eigenvalue weighted by molar-refractivity contribution is 0.309. The van der Waals surface area contributed by atoms with E-state index in [0.717, 1.165) is 49.6 Å². The van der Waals surface area contributed by atoms with Crippen molar-refractivity contribution >= 4 is 39.8 Å². The van der Waals surface area contributed by atoms with Gasteiger partial charge in [0, 0.05) is 11.6 Å². The van der Waals surface area contributed by atoms with Gasteiger partial charge in [0.1, 0.15) is 5.76 Å². The van der Waals surface area contributed by atoms with Gasteiger partial charge in [-0.15, -0.1) is 0 Å². The van der Waals surface area contributed by atoms with Gasteiger partial charge >= 0.3 is 0 Å². The molecule has 0 spiro atoms. The van der Waals surface area contributed by atoms with E-state index in [2.05, 4.69) is 71.6 Å². The number of hydrogen-bond acceptors (Lipinski definition) is 3. The third-order valence-corrected chi connectivity index (χ3v) is 5.83. The SMILES string of the molecule is [C-]#[N+]C(C#N)=Cc1ccc2cc(C=Cc3ccc4cc(-c5ccc(OC)o5)ccc4c3)ccc2c1. The number of ether oxygens (including phenoxy) is 1. The first kappa shape index (κ1) is 21.8. The van der Waals surface area contributed by atoms with Crippen LogP contribution in [0.2, 0.25) is 0 Å². The summed E-state index contributed by atoms with van der Waals surface area (Å²) in [5, 5.41) is 13.4. The standard InChI is InChI=1S/C31H20N2O2/c1-33-29(20-32)18-23-7-10-24-15-21(5-8-25(24)17-23)3-4-22-6-9-27-19-28(12-11-26(27)16-22)30-13-14-31(34-2)35-30/h3-19H,2H3. The summed E-state index contributed by atoms with van der Waals surface area (Å²) in [6, 6.07) is 30.5. The molecule has 1 aromatic heterocycles. The van der Waals surface area contributed by atoms with Crippen LogP contribution in [0.5, 0.6) is 5.95 Å². The number of rotatable bonds is 5. The molecule has 5 rings (SSSR count). The highest BCUT2D eigenvalue weighted by Gasteiger charge is 2.06. The summed E-state index contributed by atoms with van der Waals surface area (Å²) in [6.45, 7) is 7.03. The molecular weight excluding hydrogens is 432 g/mol. The van der Waals surface area contributed by atoms with Crippen LogP contribution in [0, 0.1) is 17.9 Å². The molecule has 0 atom stereocenters.